The molecule has 0 bridgehead atoms. The predicted molar refractivity (Wildman–Crippen MR) is 70.5 cm³/mol. The minimum Gasteiger partial charge on any atom is -0.412 e. The van der Waals surface area contributed by atoms with Gasteiger partial charge in [0.15, 0.2) is 0 Å². The zero-order chi connectivity index (χ0) is 13.1. The molecule has 92 valence electrons. The van der Waals surface area contributed by atoms with E-state index in [4.69, 9.17) is 4.42 Å². The number of hydrogen-bond donors (Lipinski definition) is 0. The fourth-order valence-corrected chi connectivity index (χ4v) is 1.78. The van der Waals surface area contributed by atoms with Crippen LogP contribution in [-0.4, -0.2) is 4.57 Å². The summed E-state index contributed by atoms with van der Waals surface area (Å²) in [6.07, 6.45) is 0.611. The number of hydrogen-bond acceptors (Lipinski definition) is 2. The maximum atomic E-state index is 11.6. The van der Waals surface area contributed by atoms with Gasteiger partial charge in [0.2, 0.25) is 0 Å². The van der Waals surface area contributed by atoms with Gasteiger partial charge in [-0.05, 0) is 26.3 Å². The molecule has 2 aromatic rings. The third-order valence-electron chi connectivity index (χ3n) is 2.84. The van der Waals surface area contributed by atoms with Crippen LogP contribution in [0.5, 0.6) is 0 Å². The highest BCUT2D eigenvalue weighted by Gasteiger charge is 2.11. The number of aryl methyl sites for hydroxylation is 1. The van der Waals surface area contributed by atoms with Crippen LogP contribution in [0.1, 0.15) is 29.5 Å². The number of aromatic nitrogens is 1. The van der Waals surface area contributed by atoms with Gasteiger partial charge in [-0.2, -0.15) is 0 Å². The number of benzene rings is 1. The molecule has 3 heteroatoms. The van der Waals surface area contributed by atoms with Crippen molar-refractivity contribution >= 4 is 0 Å². The Bertz CT molecular complexity index is 663. The first-order chi connectivity index (χ1) is 8.61. The molecule has 1 aromatic heterocycles. The third kappa shape index (κ3) is 2.38. The van der Waals surface area contributed by atoms with Crippen LogP contribution in [0.4, 0.5) is 0 Å². The molecule has 0 N–H and O–H groups in total. The Morgan fingerprint density at radius 2 is 1.89 bits per heavy atom. The van der Waals surface area contributed by atoms with E-state index in [2.05, 4.69) is 12.0 Å². The third-order valence-corrected chi connectivity index (χ3v) is 2.84. The molecule has 0 aliphatic heterocycles. The Kier molecular flexibility index (Phi) is 3.38. The highest BCUT2D eigenvalue weighted by Crippen LogP contribution is 2.13. The second-order valence-corrected chi connectivity index (χ2v) is 4.24. The molecule has 0 fully saturated rings. The van der Waals surface area contributed by atoms with E-state index < -0.39 is 5.76 Å². The highest BCUT2D eigenvalue weighted by atomic mass is 16.4. The summed E-state index contributed by atoms with van der Waals surface area (Å²) in [4.78, 5) is 11.6. The molecule has 0 aliphatic rings. The van der Waals surface area contributed by atoms with Crippen molar-refractivity contribution in [3.05, 3.63) is 57.4 Å². The minimum absolute atomic E-state index is 0.413. The molecule has 0 atom stereocenters. The van der Waals surface area contributed by atoms with Crippen molar-refractivity contribution in [2.24, 2.45) is 0 Å². The molecular weight excluding hydrogens is 226 g/mol. The fourth-order valence-electron chi connectivity index (χ4n) is 1.78. The summed E-state index contributed by atoms with van der Waals surface area (Å²) in [5.74, 6) is 2.96. The summed E-state index contributed by atoms with van der Waals surface area (Å²) in [6, 6.07) is 10.9. The van der Waals surface area contributed by atoms with Crippen LogP contribution in [0.25, 0.3) is 0 Å². The van der Waals surface area contributed by atoms with E-state index >= 15 is 0 Å². The molecule has 1 aromatic carbocycles. The van der Waals surface area contributed by atoms with E-state index in [9.17, 15) is 4.79 Å². The maximum absolute atomic E-state index is 11.6. The van der Waals surface area contributed by atoms with Crippen LogP contribution in [0.3, 0.4) is 0 Å². The molecule has 0 aliphatic carbocycles. The average molecular weight is 241 g/mol. The lowest BCUT2D eigenvalue weighted by Crippen LogP contribution is -2.10. The summed E-state index contributed by atoms with van der Waals surface area (Å²) >= 11 is 0. The quantitative estimate of drug-likeness (QED) is 0.757. The Labute approximate surface area is 106 Å². The van der Waals surface area contributed by atoms with Gasteiger partial charge in [0.05, 0.1) is 5.69 Å². The topological polar surface area (TPSA) is 35.1 Å². The van der Waals surface area contributed by atoms with Crippen LogP contribution in [-0.2, 0) is 6.42 Å². The average Bonchev–Trinajstić information content (AvgIpc) is 2.60. The largest absolute Gasteiger partial charge is 0.431 e. The van der Waals surface area contributed by atoms with E-state index in [1.807, 2.05) is 38.1 Å². The predicted octanol–water partition coefficient (Wildman–Crippen LogP) is 2.48. The smallest absolute Gasteiger partial charge is 0.412 e. The lowest BCUT2D eigenvalue weighted by molar-refractivity contribution is 0.470. The molecule has 0 saturated carbocycles. The summed E-state index contributed by atoms with van der Waals surface area (Å²) in [5, 5.41) is 0. The molecule has 3 nitrogen and oxygen atoms in total. The first-order valence-corrected chi connectivity index (χ1v) is 5.81. The first kappa shape index (κ1) is 12.3. The molecule has 2 rings (SSSR count). The second kappa shape index (κ2) is 4.97. The summed E-state index contributed by atoms with van der Waals surface area (Å²) < 4.78 is 6.59. The van der Waals surface area contributed by atoms with Gasteiger partial charge < -0.3 is 4.42 Å². The van der Waals surface area contributed by atoms with Gasteiger partial charge in [-0.3, -0.25) is 0 Å². The molecule has 0 unspecified atom stereocenters. The van der Waals surface area contributed by atoms with Crippen molar-refractivity contribution in [2.45, 2.75) is 27.2 Å². The van der Waals surface area contributed by atoms with Crippen LogP contribution in [0.15, 0.2) is 33.5 Å². The van der Waals surface area contributed by atoms with Crippen LogP contribution in [0, 0.1) is 25.8 Å². The Morgan fingerprint density at radius 3 is 2.50 bits per heavy atom. The standard InChI is InChI=1S/C15H15NO2/c1-4-9-16-12(3)14(18-15(16)17)10-13-7-5-11(2)6-8-13/h5-8H,10H2,1-3H3. The van der Waals surface area contributed by atoms with Crippen molar-refractivity contribution < 1.29 is 4.42 Å². The summed E-state index contributed by atoms with van der Waals surface area (Å²) in [6.45, 7) is 5.58. The van der Waals surface area contributed by atoms with Crippen molar-refractivity contribution in [2.75, 3.05) is 0 Å². The zero-order valence-electron chi connectivity index (χ0n) is 10.8. The van der Waals surface area contributed by atoms with Gasteiger partial charge in [0.1, 0.15) is 5.76 Å². The molecule has 0 spiro atoms. The van der Waals surface area contributed by atoms with Crippen molar-refractivity contribution in [3.63, 3.8) is 0 Å². The van der Waals surface area contributed by atoms with E-state index in [-0.39, 0.29) is 0 Å². The second-order valence-electron chi connectivity index (χ2n) is 4.24. The molecular formula is C15H15NO2. The molecule has 0 amide bonds. The number of nitrogens with zero attached hydrogens (tertiary/aromatic N) is 1. The van der Waals surface area contributed by atoms with Crippen molar-refractivity contribution in [3.8, 4) is 12.0 Å². The molecule has 18 heavy (non-hydrogen) atoms. The summed E-state index contributed by atoms with van der Waals surface area (Å²) in [5.41, 5.74) is 3.11. The van der Waals surface area contributed by atoms with Gasteiger partial charge in [-0.25, -0.2) is 9.36 Å². The van der Waals surface area contributed by atoms with E-state index in [1.165, 1.54) is 10.1 Å². The zero-order valence-corrected chi connectivity index (χ0v) is 10.8. The Morgan fingerprint density at radius 1 is 1.22 bits per heavy atom. The van der Waals surface area contributed by atoms with E-state index in [0.717, 1.165) is 11.3 Å². The van der Waals surface area contributed by atoms with E-state index in [0.29, 0.717) is 12.2 Å². The Balaban J connectivity index is 2.35. The fraction of sp³-hybridized carbons (Fsp3) is 0.267. The van der Waals surface area contributed by atoms with Gasteiger partial charge in [-0.1, -0.05) is 35.7 Å². The first-order valence-electron chi connectivity index (χ1n) is 5.81. The molecule has 0 radical (unpaired) electrons. The van der Waals surface area contributed by atoms with Gasteiger partial charge in [0.25, 0.3) is 0 Å². The van der Waals surface area contributed by atoms with Gasteiger partial charge >= 0.3 is 5.76 Å². The SMILES string of the molecule is CC#Cn1c(C)c(Cc2ccc(C)cc2)oc1=O. The lowest BCUT2D eigenvalue weighted by atomic mass is 10.1. The maximum Gasteiger partial charge on any atom is 0.431 e. The monoisotopic (exact) mass is 241 g/mol. The lowest BCUT2D eigenvalue weighted by Gasteiger charge is -2.00. The Hall–Kier alpha value is -2.21. The molecule has 0 saturated heterocycles. The van der Waals surface area contributed by atoms with Crippen LogP contribution >= 0.6 is 0 Å². The van der Waals surface area contributed by atoms with Crippen LogP contribution in [0.2, 0.25) is 0 Å². The van der Waals surface area contributed by atoms with Gasteiger partial charge in [0, 0.05) is 12.5 Å². The highest BCUT2D eigenvalue weighted by molar-refractivity contribution is 5.27. The van der Waals surface area contributed by atoms with Crippen molar-refractivity contribution in [1.82, 2.24) is 4.57 Å². The summed E-state index contributed by atoms with van der Waals surface area (Å²) in [7, 11) is 0. The van der Waals surface area contributed by atoms with Crippen LogP contribution < -0.4 is 5.76 Å². The normalized spacial score (nSPS) is 9.94. The number of rotatable bonds is 2. The van der Waals surface area contributed by atoms with Crippen molar-refractivity contribution in [1.29, 1.82) is 0 Å². The van der Waals surface area contributed by atoms with E-state index in [1.54, 1.807) is 6.92 Å². The number of oxazole rings is 1. The minimum atomic E-state index is -0.413. The molecule has 1 heterocycles. The van der Waals surface area contributed by atoms with Gasteiger partial charge in [-0.15, -0.1) is 0 Å².